The molecule has 0 bridgehead atoms. The fraction of sp³-hybridized carbons (Fsp3) is 0.333. The molecule has 0 spiro atoms. The van der Waals surface area contributed by atoms with Crippen LogP contribution in [0.1, 0.15) is 23.7 Å². The van der Waals surface area contributed by atoms with E-state index in [4.69, 9.17) is 11.0 Å². The first-order valence-corrected chi connectivity index (χ1v) is 7.29. The number of hydrogen-bond acceptors (Lipinski definition) is 6. The van der Waals surface area contributed by atoms with E-state index in [0.717, 1.165) is 6.20 Å². The molecule has 4 N–H and O–H groups in total. The van der Waals surface area contributed by atoms with Crippen molar-refractivity contribution in [2.45, 2.75) is 31.8 Å². The largest absolute Gasteiger partial charge is 0.419 e. The molecular formula is C15H15F3N6O2. The summed E-state index contributed by atoms with van der Waals surface area (Å²) in [5.41, 5.74) is 1.77. The van der Waals surface area contributed by atoms with Crippen molar-refractivity contribution in [1.82, 2.24) is 14.8 Å². The van der Waals surface area contributed by atoms with Gasteiger partial charge in [0.2, 0.25) is 0 Å². The zero-order valence-corrected chi connectivity index (χ0v) is 13.6. The second-order valence-corrected chi connectivity index (χ2v) is 5.71. The highest BCUT2D eigenvalue weighted by molar-refractivity contribution is 5.96. The predicted molar refractivity (Wildman–Crippen MR) is 83.3 cm³/mol. The SMILES string of the molecule is CC(O)(Cn1cc(CN)cn1)C(=O)Nc1cnc(C#N)c(C(F)(F)F)c1. The predicted octanol–water partition coefficient (Wildman–Crippen LogP) is 1.02. The Kier molecular flexibility index (Phi) is 5.29. The maximum atomic E-state index is 12.9. The Hall–Kier alpha value is -2.97. The van der Waals surface area contributed by atoms with E-state index in [2.05, 4.69) is 15.4 Å². The van der Waals surface area contributed by atoms with Crippen LogP contribution in [0.4, 0.5) is 18.9 Å². The van der Waals surface area contributed by atoms with E-state index in [1.807, 2.05) is 0 Å². The third kappa shape index (κ3) is 4.35. The van der Waals surface area contributed by atoms with Crippen molar-refractivity contribution in [1.29, 1.82) is 5.26 Å². The number of anilines is 1. The van der Waals surface area contributed by atoms with Crippen LogP contribution in [0.15, 0.2) is 24.7 Å². The highest BCUT2D eigenvalue weighted by Gasteiger charge is 2.36. The van der Waals surface area contributed by atoms with Crippen LogP contribution in [0.5, 0.6) is 0 Å². The lowest BCUT2D eigenvalue weighted by Gasteiger charge is -2.22. The Labute approximate surface area is 146 Å². The van der Waals surface area contributed by atoms with Crippen LogP contribution in [-0.4, -0.2) is 31.4 Å². The molecule has 0 radical (unpaired) electrons. The van der Waals surface area contributed by atoms with E-state index in [0.29, 0.717) is 11.6 Å². The molecule has 1 unspecified atom stereocenters. The van der Waals surface area contributed by atoms with Crippen molar-refractivity contribution in [3.8, 4) is 6.07 Å². The second-order valence-electron chi connectivity index (χ2n) is 5.71. The topological polar surface area (TPSA) is 130 Å². The molecular weight excluding hydrogens is 353 g/mol. The van der Waals surface area contributed by atoms with E-state index in [-0.39, 0.29) is 18.8 Å². The summed E-state index contributed by atoms with van der Waals surface area (Å²) in [5.74, 6) is -0.957. The molecule has 0 aliphatic carbocycles. The molecule has 138 valence electrons. The number of carbonyl (C=O) groups is 1. The fourth-order valence-electron chi connectivity index (χ4n) is 2.09. The minimum atomic E-state index is -4.81. The number of hydrogen-bond donors (Lipinski definition) is 3. The van der Waals surface area contributed by atoms with Crippen molar-refractivity contribution in [3.05, 3.63) is 41.5 Å². The standard InChI is InChI=1S/C15H15F3N6O2/c1-14(26,8-24-7-9(3-19)5-22-24)13(25)23-10-2-11(15(16,17)18)12(4-20)21-6-10/h2,5-7,26H,3,8,19H2,1H3,(H,23,25). The number of aliphatic hydroxyl groups is 1. The number of nitrogens with two attached hydrogens (primary N) is 1. The molecule has 0 aromatic carbocycles. The van der Waals surface area contributed by atoms with Gasteiger partial charge in [0.15, 0.2) is 11.3 Å². The van der Waals surface area contributed by atoms with Gasteiger partial charge in [-0.3, -0.25) is 9.48 Å². The maximum Gasteiger partial charge on any atom is 0.419 e. The van der Waals surface area contributed by atoms with E-state index < -0.39 is 28.9 Å². The van der Waals surface area contributed by atoms with Gasteiger partial charge in [0.05, 0.1) is 30.2 Å². The van der Waals surface area contributed by atoms with Gasteiger partial charge in [0.1, 0.15) is 6.07 Å². The van der Waals surface area contributed by atoms with Gasteiger partial charge in [-0.15, -0.1) is 0 Å². The van der Waals surface area contributed by atoms with Gasteiger partial charge in [-0.1, -0.05) is 0 Å². The molecule has 11 heteroatoms. The Bertz CT molecular complexity index is 854. The lowest BCUT2D eigenvalue weighted by Crippen LogP contribution is -2.43. The summed E-state index contributed by atoms with van der Waals surface area (Å²) >= 11 is 0. The van der Waals surface area contributed by atoms with Crippen LogP contribution >= 0.6 is 0 Å². The van der Waals surface area contributed by atoms with Gasteiger partial charge in [-0.05, 0) is 13.0 Å². The normalized spacial score (nSPS) is 13.7. The van der Waals surface area contributed by atoms with Crippen molar-refractivity contribution in [3.63, 3.8) is 0 Å². The summed E-state index contributed by atoms with van der Waals surface area (Å²) < 4.78 is 40.1. The van der Waals surface area contributed by atoms with Crippen LogP contribution in [0, 0.1) is 11.3 Å². The first-order chi connectivity index (χ1) is 12.1. The van der Waals surface area contributed by atoms with Crippen molar-refractivity contribution in [2.75, 3.05) is 5.32 Å². The van der Waals surface area contributed by atoms with Crippen LogP contribution in [-0.2, 0) is 24.1 Å². The smallest absolute Gasteiger partial charge is 0.378 e. The lowest BCUT2D eigenvalue weighted by atomic mass is 10.1. The van der Waals surface area contributed by atoms with E-state index in [1.165, 1.54) is 30.1 Å². The summed E-state index contributed by atoms with van der Waals surface area (Å²) in [7, 11) is 0. The van der Waals surface area contributed by atoms with Crippen LogP contribution < -0.4 is 11.1 Å². The third-order valence-electron chi connectivity index (χ3n) is 3.44. The zero-order valence-electron chi connectivity index (χ0n) is 13.6. The number of amides is 1. The summed E-state index contributed by atoms with van der Waals surface area (Å²) in [5, 5.41) is 25.1. The molecule has 26 heavy (non-hydrogen) atoms. The highest BCUT2D eigenvalue weighted by atomic mass is 19.4. The van der Waals surface area contributed by atoms with Gasteiger partial charge >= 0.3 is 6.18 Å². The van der Waals surface area contributed by atoms with Gasteiger partial charge < -0.3 is 16.2 Å². The first-order valence-electron chi connectivity index (χ1n) is 7.29. The second kappa shape index (κ2) is 7.11. The zero-order chi connectivity index (χ0) is 19.5. The Balaban J connectivity index is 2.19. The molecule has 0 aliphatic heterocycles. The first kappa shape index (κ1) is 19.4. The molecule has 1 amide bonds. The number of nitrogens with zero attached hydrogens (tertiary/aromatic N) is 4. The molecule has 2 rings (SSSR count). The van der Waals surface area contributed by atoms with E-state index in [9.17, 15) is 23.1 Å². The van der Waals surface area contributed by atoms with Crippen LogP contribution in [0.25, 0.3) is 0 Å². The maximum absolute atomic E-state index is 12.9. The molecule has 0 saturated carbocycles. The molecule has 8 nitrogen and oxygen atoms in total. The van der Waals surface area contributed by atoms with Crippen molar-refractivity contribution < 1.29 is 23.1 Å². The summed E-state index contributed by atoms with van der Waals surface area (Å²) in [4.78, 5) is 15.6. The summed E-state index contributed by atoms with van der Waals surface area (Å²) in [6, 6.07) is 1.92. The molecule has 2 heterocycles. The number of halogens is 3. The third-order valence-corrected chi connectivity index (χ3v) is 3.44. The number of alkyl halides is 3. The Morgan fingerprint density at radius 3 is 2.69 bits per heavy atom. The minimum absolute atomic E-state index is 0.228. The van der Waals surface area contributed by atoms with E-state index in [1.54, 1.807) is 0 Å². The van der Waals surface area contributed by atoms with Crippen molar-refractivity contribution >= 4 is 11.6 Å². The Morgan fingerprint density at radius 2 is 2.15 bits per heavy atom. The lowest BCUT2D eigenvalue weighted by molar-refractivity contribution is -0.138. The van der Waals surface area contributed by atoms with Crippen LogP contribution in [0.2, 0.25) is 0 Å². The van der Waals surface area contributed by atoms with E-state index >= 15 is 0 Å². The number of nitriles is 1. The molecule has 1 atom stereocenters. The average Bonchev–Trinajstić information content (AvgIpc) is 3.00. The van der Waals surface area contributed by atoms with Gasteiger partial charge in [0.25, 0.3) is 5.91 Å². The average molecular weight is 368 g/mol. The molecule has 0 fully saturated rings. The quantitative estimate of drug-likeness (QED) is 0.722. The highest BCUT2D eigenvalue weighted by Crippen LogP contribution is 2.32. The van der Waals surface area contributed by atoms with Gasteiger partial charge in [-0.2, -0.15) is 23.5 Å². The number of pyridine rings is 1. The summed E-state index contributed by atoms with van der Waals surface area (Å²) in [6.45, 7) is 1.17. The number of aromatic nitrogens is 3. The number of nitrogens with one attached hydrogen (secondary N) is 1. The van der Waals surface area contributed by atoms with Crippen molar-refractivity contribution in [2.24, 2.45) is 5.73 Å². The van der Waals surface area contributed by atoms with Crippen LogP contribution in [0.3, 0.4) is 0 Å². The summed E-state index contributed by atoms with van der Waals surface area (Å²) in [6.07, 6.45) is -0.905. The number of rotatable bonds is 5. The monoisotopic (exact) mass is 368 g/mol. The Morgan fingerprint density at radius 1 is 1.46 bits per heavy atom. The molecule has 0 aliphatic rings. The molecule has 2 aromatic rings. The minimum Gasteiger partial charge on any atom is -0.378 e. The fourth-order valence-corrected chi connectivity index (χ4v) is 2.09. The number of carbonyl (C=O) groups excluding carboxylic acids is 1. The molecule has 2 aromatic heterocycles. The van der Waals surface area contributed by atoms with Gasteiger partial charge in [-0.25, -0.2) is 4.98 Å². The van der Waals surface area contributed by atoms with Gasteiger partial charge in [0, 0.05) is 18.3 Å². The molecule has 0 saturated heterocycles.